The molecule has 0 amide bonds. The van der Waals surface area contributed by atoms with E-state index in [-0.39, 0.29) is 11.5 Å². The quantitative estimate of drug-likeness (QED) is 0.549. The fourth-order valence-corrected chi connectivity index (χ4v) is 2.49. The van der Waals surface area contributed by atoms with Crippen LogP contribution in [0.15, 0.2) is 27.8 Å². The molecule has 0 saturated carbocycles. The van der Waals surface area contributed by atoms with Gasteiger partial charge in [0.2, 0.25) is 0 Å². The van der Waals surface area contributed by atoms with Crippen LogP contribution in [0.25, 0.3) is 0 Å². The van der Waals surface area contributed by atoms with Crippen LogP contribution in [-0.2, 0) is 14.1 Å². The van der Waals surface area contributed by atoms with Gasteiger partial charge in [-0.2, -0.15) is 0 Å². The molecule has 2 aromatic rings. The van der Waals surface area contributed by atoms with E-state index in [1.807, 2.05) is 22.6 Å². The maximum Gasteiger partial charge on any atom is 0.332 e. The van der Waals surface area contributed by atoms with Gasteiger partial charge in [-0.1, -0.05) is 0 Å². The minimum absolute atomic E-state index is 0.000610. The standard InChI is InChI=1S/C14H13FIN3O4/c1-18-12(17-9-4-3-7(16)5-8(9)15)11(10(21)6-20)13(22)19(2)14(18)23/h3-5,17,20H,6H2,1-2H3. The Bertz CT molecular complexity index is 904. The van der Waals surface area contributed by atoms with Gasteiger partial charge < -0.3 is 10.4 Å². The Labute approximate surface area is 143 Å². The van der Waals surface area contributed by atoms with Gasteiger partial charge in [-0.15, -0.1) is 0 Å². The summed E-state index contributed by atoms with van der Waals surface area (Å²) in [6, 6.07) is 4.31. The number of nitrogens with one attached hydrogen (secondary N) is 1. The predicted molar refractivity (Wildman–Crippen MR) is 90.7 cm³/mol. The maximum atomic E-state index is 14.0. The van der Waals surface area contributed by atoms with Crippen LogP contribution in [0.4, 0.5) is 15.9 Å². The van der Waals surface area contributed by atoms with Crippen molar-refractivity contribution in [3.63, 3.8) is 0 Å². The van der Waals surface area contributed by atoms with E-state index in [2.05, 4.69) is 5.32 Å². The van der Waals surface area contributed by atoms with Crippen LogP contribution >= 0.6 is 22.6 Å². The molecule has 0 fully saturated rings. The summed E-state index contributed by atoms with van der Waals surface area (Å²) in [7, 11) is 2.55. The molecule has 1 aromatic heterocycles. The molecule has 23 heavy (non-hydrogen) atoms. The summed E-state index contributed by atoms with van der Waals surface area (Å²) in [5.41, 5.74) is -1.95. The number of anilines is 2. The zero-order chi connectivity index (χ0) is 17.3. The van der Waals surface area contributed by atoms with Crippen LogP contribution in [-0.4, -0.2) is 26.6 Å². The highest BCUT2D eigenvalue weighted by Crippen LogP contribution is 2.22. The number of Topliss-reactive ketones (excluding diaryl/α,β-unsaturated/α-hetero) is 1. The lowest BCUT2D eigenvalue weighted by molar-refractivity contribution is 0.0901. The number of hydrogen-bond acceptors (Lipinski definition) is 5. The first-order valence-electron chi connectivity index (χ1n) is 6.44. The number of ketones is 1. The Kier molecular flexibility index (Phi) is 5.00. The van der Waals surface area contributed by atoms with E-state index in [0.29, 0.717) is 3.57 Å². The molecule has 2 N–H and O–H groups in total. The van der Waals surface area contributed by atoms with E-state index >= 15 is 0 Å². The molecule has 0 aliphatic heterocycles. The number of aliphatic hydroxyl groups is 1. The van der Waals surface area contributed by atoms with E-state index in [9.17, 15) is 18.8 Å². The molecule has 0 saturated heterocycles. The fourth-order valence-electron chi connectivity index (χ4n) is 2.04. The average molecular weight is 433 g/mol. The molecule has 7 nitrogen and oxygen atoms in total. The highest BCUT2D eigenvalue weighted by molar-refractivity contribution is 14.1. The molecule has 1 aromatic carbocycles. The second kappa shape index (κ2) is 6.62. The molecule has 122 valence electrons. The molecule has 0 radical (unpaired) electrons. The number of halogens is 2. The van der Waals surface area contributed by atoms with Gasteiger partial charge >= 0.3 is 5.69 Å². The molecule has 1 heterocycles. The van der Waals surface area contributed by atoms with E-state index in [1.54, 1.807) is 6.07 Å². The Morgan fingerprint density at radius 3 is 2.52 bits per heavy atom. The second-order valence-corrected chi connectivity index (χ2v) is 6.01. The first-order valence-corrected chi connectivity index (χ1v) is 7.52. The van der Waals surface area contributed by atoms with E-state index in [0.717, 1.165) is 9.13 Å². The van der Waals surface area contributed by atoms with Crippen molar-refractivity contribution in [2.24, 2.45) is 14.1 Å². The van der Waals surface area contributed by atoms with Crippen LogP contribution in [0.3, 0.4) is 0 Å². The highest BCUT2D eigenvalue weighted by Gasteiger charge is 2.22. The number of carbonyl (C=O) groups is 1. The van der Waals surface area contributed by atoms with Gasteiger partial charge in [-0.3, -0.25) is 18.7 Å². The van der Waals surface area contributed by atoms with Crippen molar-refractivity contribution in [3.05, 3.63) is 54.0 Å². The smallest absolute Gasteiger partial charge is 0.332 e. The Morgan fingerprint density at radius 2 is 1.96 bits per heavy atom. The summed E-state index contributed by atoms with van der Waals surface area (Å²) in [5, 5.41) is 11.7. The lowest BCUT2D eigenvalue weighted by Crippen LogP contribution is -2.41. The number of benzene rings is 1. The van der Waals surface area contributed by atoms with Crippen molar-refractivity contribution in [1.29, 1.82) is 0 Å². The third-order valence-electron chi connectivity index (χ3n) is 3.27. The van der Waals surface area contributed by atoms with Gasteiger partial charge in [-0.25, -0.2) is 9.18 Å². The molecular formula is C14H13FIN3O4. The highest BCUT2D eigenvalue weighted by atomic mass is 127. The minimum atomic E-state index is -0.905. The van der Waals surface area contributed by atoms with Crippen LogP contribution in [0.1, 0.15) is 10.4 Å². The zero-order valence-electron chi connectivity index (χ0n) is 12.3. The Hall–Kier alpha value is -2.01. The number of aromatic nitrogens is 2. The molecule has 0 spiro atoms. The van der Waals surface area contributed by atoms with Crippen LogP contribution < -0.4 is 16.6 Å². The largest absolute Gasteiger partial charge is 0.388 e. The number of aliphatic hydroxyl groups excluding tert-OH is 1. The lowest BCUT2D eigenvalue weighted by Gasteiger charge is -2.16. The number of nitrogens with zero attached hydrogens (tertiary/aromatic N) is 2. The molecule has 0 aliphatic rings. The first kappa shape index (κ1) is 17.3. The summed E-state index contributed by atoms with van der Waals surface area (Å²) < 4.78 is 16.4. The van der Waals surface area contributed by atoms with Crippen molar-refractivity contribution in [3.8, 4) is 0 Å². The van der Waals surface area contributed by atoms with Crippen molar-refractivity contribution in [1.82, 2.24) is 9.13 Å². The van der Waals surface area contributed by atoms with Gasteiger partial charge in [0.25, 0.3) is 5.56 Å². The van der Waals surface area contributed by atoms with E-state index < -0.39 is 35.0 Å². The van der Waals surface area contributed by atoms with Crippen LogP contribution in [0.5, 0.6) is 0 Å². The normalized spacial score (nSPS) is 10.7. The molecule has 0 bridgehead atoms. The van der Waals surface area contributed by atoms with Crippen molar-refractivity contribution < 1.29 is 14.3 Å². The molecule has 9 heteroatoms. The predicted octanol–water partition coefficient (Wildman–Crippen LogP) is 0.746. The molecule has 0 unspecified atom stereocenters. The average Bonchev–Trinajstić information content (AvgIpc) is 2.52. The van der Waals surface area contributed by atoms with Crippen molar-refractivity contribution in [2.45, 2.75) is 0 Å². The number of hydrogen-bond donors (Lipinski definition) is 2. The summed E-state index contributed by atoms with van der Waals surface area (Å²) in [4.78, 5) is 36.1. The van der Waals surface area contributed by atoms with Gasteiger partial charge in [0.1, 0.15) is 23.8 Å². The molecule has 0 aliphatic carbocycles. The van der Waals surface area contributed by atoms with Gasteiger partial charge in [0.15, 0.2) is 5.78 Å². The number of carbonyl (C=O) groups excluding carboxylic acids is 1. The van der Waals surface area contributed by atoms with E-state index in [1.165, 1.54) is 26.2 Å². The summed E-state index contributed by atoms with van der Waals surface area (Å²) in [6.07, 6.45) is 0. The summed E-state index contributed by atoms with van der Waals surface area (Å²) in [6.45, 7) is -0.905. The van der Waals surface area contributed by atoms with Crippen LogP contribution in [0.2, 0.25) is 0 Å². The minimum Gasteiger partial charge on any atom is -0.388 e. The monoisotopic (exact) mass is 433 g/mol. The van der Waals surface area contributed by atoms with Gasteiger partial charge in [-0.05, 0) is 40.8 Å². The molecule has 2 rings (SSSR count). The van der Waals surface area contributed by atoms with Gasteiger partial charge in [0.05, 0.1) is 5.69 Å². The third-order valence-corrected chi connectivity index (χ3v) is 3.94. The maximum absolute atomic E-state index is 14.0. The number of rotatable bonds is 4. The summed E-state index contributed by atoms with van der Waals surface area (Å²) >= 11 is 1.93. The Balaban J connectivity index is 2.72. The third kappa shape index (κ3) is 3.20. The first-order chi connectivity index (χ1) is 10.8. The SMILES string of the molecule is Cn1c(Nc2ccc(I)cc2F)c(C(=O)CO)c(=O)n(C)c1=O. The van der Waals surface area contributed by atoms with Crippen LogP contribution in [0, 0.1) is 9.39 Å². The summed E-state index contributed by atoms with van der Waals surface area (Å²) in [5.74, 6) is -1.64. The lowest BCUT2D eigenvalue weighted by atomic mass is 10.2. The van der Waals surface area contributed by atoms with Crippen molar-refractivity contribution >= 4 is 39.9 Å². The second-order valence-electron chi connectivity index (χ2n) is 4.76. The molecule has 0 atom stereocenters. The van der Waals surface area contributed by atoms with Crippen molar-refractivity contribution in [2.75, 3.05) is 11.9 Å². The zero-order valence-corrected chi connectivity index (χ0v) is 14.4. The fraction of sp³-hybridized carbons (Fsp3) is 0.214. The Morgan fingerprint density at radius 1 is 1.30 bits per heavy atom. The van der Waals surface area contributed by atoms with E-state index in [4.69, 9.17) is 5.11 Å². The molecular weight excluding hydrogens is 420 g/mol. The van der Waals surface area contributed by atoms with Gasteiger partial charge in [0, 0.05) is 17.7 Å². The topological polar surface area (TPSA) is 93.3 Å².